The minimum absolute atomic E-state index is 0.614. The molecule has 0 saturated heterocycles. The Morgan fingerprint density at radius 2 is 1.02 bits per heavy atom. The number of hydrogen-bond donors (Lipinski definition) is 0. The number of pyridine rings is 1. The Labute approximate surface area is 287 Å². The van der Waals surface area contributed by atoms with Gasteiger partial charge in [0.15, 0.2) is 5.82 Å². The molecule has 0 N–H and O–H groups in total. The Morgan fingerprint density at radius 3 is 1.86 bits per heavy atom. The molecule has 10 rings (SSSR count). The molecule has 0 amide bonds. The monoisotopic (exact) mass is 641 g/mol. The molecule has 0 fully saturated rings. The highest BCUT2D eigenvalue weighted by molar-refractivity contribution is 6.19. The molecule has 50 heavy (non-hydrogen) atoms. The molecule has 0 aliphatic carbocycles. The molecule has 6 aromatic carbocycles. The van der Waals surface area contributed by atoms with E-state index in [0.29, 0.717) is 5.82 Å². The quantitative estimate of drug-likeness (QED) is 0.187. The number of rotatable bonds is 5. The van der Waals surface area contributed by atoms with Crippen LogP contribution in [0.2, 0.25) is 0 Å². The summed E-state index contributed by atoms with van der Waals surface area (Å²) >= 11 is 0. The highest BCUT2D eigenvalue weighted by atomic mass is 16.3. The third-order valence-corrected chi connectivity index (χ3v) is 9.40. The minimum Gasteiger partial charge on any atom is -0.455 e. The first-order valence-corrected chi connectivity index (χ1v) is 16.6. The van der Waals surface area contributed by atoms with E-state index >= 15 is 0 Å². The van der Waals surface area contributed by atoms with Crippen molar-refractivity contribution in [2.24, 2.45) is 0 Å². The number of fused-ring (bicyclic) bond motifs is 6. The van der Waals surface area contributed by atoms with Gasteiger partial charge in [-0.05, 0) is 42.0 Å². The van der Waals surface area contributed by atoms with Gasteiger partial charge >= 0.3 is 0 Å². The predicted molar refractivity (Wildman–Crippen MR) is 202 cm³/mol. The van der Waals surface area contributed by atoms with Gasteiger partial charge in [0.1, 0.15) is 22.3 Å². The molecule has 0 spiro atoms. The summed E-state index contributed by atoms with van der Waals surface area (Å²) in [6.45, 7) is 0. The van der Waals surface area contributed by atoms with E-state index in [1.165, 1.54) is 0 Å². The standard InChI is InChI=1S/C45H27N3O2/c1-2-13-28(14-3-1)38-27-39(48-45(47-38)34-17-5-4-15-29(34)37-21-10-11-26-46-37)35-25-24-31(42-36-18-7-9-23-41(36)50-44(35)42)33-20-12-19-32-30-16-6-8-22-40(30)49-43(32)33/h1-27H. The molecule has 0 bridgehead atoms. The molecule has 10 aromatic rings. The van der Waals surface area contributed by atoms with Gasteiger partial charge in [0.25, 0.3) is 0 Å². The molecule has 0 atom stereocenters. The Kier molecular flexibility index (Phi) is 6.42. The highest BCUT2D eigenvalue weighted by Crippen LogP contribution is 2.45. The van der Waals surface area contributed by atoms with Crippen molar-refractivity contribution in [1.29, 1.82) is 0 Å². The first-order chi connectivity index (χ1) is 24.8. The van der Waals surface area contributed by atoms with Crippen molar-refractivity contribution in [3.05, 3.63) is 164 Å². The van der Waals surface area contributed by atoms with Gasteiger partial charge in [0, 0.05) is 55.6 Å². The summed E-state index contributed by atoms with van der Waals surface area (Å²) in [6.07, 6.45) is 1.81. The minimum atomic E-state index is 0.614. The SMILES string of the molecule is c1ccc(-c2cc(-c3ccc(-c4cccc5c4oc4ccccc45)c4c3oc3ccccc34)nc(-c3ccccc3-c3ccccn3)n2)cc1. The maximum atomic E-state index is 6.75. The van der Waals surface area contributed by atoms with E-state index in [2.05, 4.69) is 89.9 Å². The molecule has 5 nitrogen and oxygen atoms in total. The second-order valence-electron chi connectivity index (χ2n) is 12.3. The van der Waals surface area contributed by atoms with E-state index in [1.807, 2.05) is 79.0 Å². The van der Waals surface area contributed by atoms with Crippen LogP contribution in [0.5, 0.6) is 0 Å². The lowest BCUT2D eigenvalue weighted by Gasteiger charge is -2.13. The molecule has 0 unspecified atom stereocenters. The van der Waals surface area contributed by atoms with Crippen LogP contribution in [0.4, 0.5) is 0 Å². The molecule has 0 radical (unpaired) electrons. The fourth-order valence-electron chi connectivity index (χ4n) is 7.10. The Bertz CT molecular complexity index is 2870. The maximum Gasteiger partial charge on any atom is 0.161 e. The Morgan fingerprint density at radius 1 is 0.380 bits per heavy atom. The number of para-hydroxylation sites is 3. The largest absolute Gasteiger partial charge is 0.455 e. The van der Waals surface area contributed by atoms with Crippen LogP contribution in [0, 0.1) is 0 Å². The van der Waals surface area contributed by atoms with Crippen molar-refractivity contribution in [2.45, 2.75) is 0 Å². The summed E-state index contributed by atoms with van der Waals surface area (Å²) in [5, 5.41) is 4.23. The van der Waals surface area contributed by atoms with Crippen molar-refractivity contribution in [3.8, 4) is 56.3 Å². The van der Waals surface area contributed by atoms with Crippen LogP contribution in [0.3, 0.4) is 0 Å². The van der Waals surface area contributed by atoms with E-state index in [9.17, 15) is 0 Å². The Hall–Kier alpha value is -6.85. The molecule has 4 heterocycles. The lowest BCUT2D eigenvalue weighted by atomic mass is 9.94. The Balaban J connectivity index is 1.25. The molecule has 0 aliphatic rings. The van der Waals surface area contributed by atoms with Gasteiger partial charge in [-0.15, -0.1) is 0 Å². The van der Waals surface area contributed by atoms with Gasteiger partial charge in [0.05, 0.1) is 17.1 Å². The van der Waals surface area contributed by atoms with Crippen molar-refractivity contribution in [3.63, 3.8) is 0 Å². The van der Waals surface area contributed by atoms with Crippen molar-refractivity contribution >= 4 is 43.9 Å². The summed E-state index contributed by atoms with van der Waals surface area (Å²) in [5.74, 6) is 0.614. The topological polar surface area (TPSA) is 65.0 Å². The third-order valence-electron chi connectivity index (χ3n) is 9.40. The maximum absolute atomic E-state index is 6.75. The molecule has 234 valence electrons. The van der Waals surface area contributed by atoms with Crippen LogP contribution in [0.1, 0.15) is 0 Å². The zero-order valence-electron chi connectivity index (χ0n) is 26.7. The van der Waals surface area contributed by atoms with Gasteiger partial charge in [-0.1, -0.05) is 121 Å². The van der Waals surface area contributed by atoms with Gasteiger partial charge < -0.3 is 8.83 Å². The molecule has 0 saturated carbocycles. The molecular formula is C45H27N3O2. The first kappa shape index (κ1) is 28.2. The van der Waals surface area contributed by atoms with E-state index < -0.39 is 0 Å². The molecule has 5 heteroatoms. The van der Waals surface area contributed by atoms with Crippen molar-refractivity contribution in [2.75, 3.05) is 0 Å². The van der Waals surface area contributed by atoms with Crippen LogP contribution >= 0.6 is 0 Å². The summed E-state index contributed by atoms with van der Waals surface area (Å²) in [5.41, 5.74) is 11.6. The van der Waals surface area contributed by atoms with Gasteiger partial charge in [0.2, 0.25) is 0 Å². The summed E-state index contributed by atoms with van der Waals surface area (Å²) < 4.78 is 13.3. The van der Waals surface area contributed by atoms with Gasteiger partial charge in [-0.25, -0.2) is 9.97 Å². The number of benzene rings is 6. The van der Waals surface area contributed by atoms with E-state index in [0.717, 1.165) is 94.3 Å². The zero-order chi connectivity index (χ0) is 33.0. The summed E-state index contributed by atoms with van der Waals surface area (Å²) in [7, 11) is 0. The molecule has 4 aromatic heterocycles. The van der Waals surface area contributed by atoms with E-state index in [1.54, 1.807) is 0 Å². The van der Waals surface area contributed by atoms with Crippen molar-refractivity contribution < 1.29 is 8.83 Å². The molecule has 0 aliphatic heterocycles. The first-order valence-electron chi connectivity index (χ1n) is 16.6. The second-order valence-corrected chi connectivity index (χ2v) is 12.3. The highest BCUT2D eigenvalue weighted by Gasteiger charge is 2.22. The predicted octanol–water partition coefficient (Wildman–Crippen LogP) is 12.0. The third kappa shape index (κ3) is 4.52. The normalized spacial score (nSPS) is 11.6. The lowest BCUT2D eigenvalue weighted by Crippen LogP contribution is -1.98. The summed E-state index contributed by atoms with van der Waals surface area (Å²) in [4.78, 5) is 15.1. The number of nitrogens with zero attached hydrogens (tertiary/aromatic N) is 3. The lowest BCUT2D eigenvalue weighted by molar-refractivity contribution is 0.669. The smallest absolute Gasteiger partial charge is 0.161 e. The fourth-order valence-corrected chi connectivity index (χ4v) is 7.10. The second kappa shape index (κ2) is 11.4. The zero-order valence-corrected chi connectivity index (χ0v) is 26.7. The van der Waals surface area contributed by atoms with E-state index in [-0.39, 0.29) is 0 Å². The van der Waals surface area contributed by atoms with E-state index in [4.69, 9.17) is 18.8 Å². The van der Waals surface area contributed by atoms with Crippen LogP contribution in [-0.2, 0) is 0 Å². The fraction of sp³-hybridized carbons (Fsp3) is 0. The average Bonchev–Trinajstić information content (AvgIpc) is 3.77. The van der Waals surface area contributed by atoms with Gasteiger partial charge in [-0.3, -0.25) is 4.98 Å². The number of hydrogen-bond acceptors (Lipinski definition) is 5. The average molecular weight is 642 g/mol. The van der Waals surface area contributed by atoms with Crippen LogP contribution in [-0.4, -0.2) is 15.0 Å². The number of furan rings is 2. The van der Waals surface area contributed by atoms with Crippen LogP contribution < -0.4 is 0 Å². The molecular weight excluding hydrogens is 615 g/mol. The summed E-state index contributed by atoms with van der Waals surface area (Å²) in [6, 6.07) is 53.5. The van der Waals surface area contributed by atoms with Crippen LogP contribution in [0.25, 0.3) is 100 Å². The number of aromatic nitrogens is 3. The van der Waals surface area contributed by atoms with Crippen molar-refractivity contribution in [1.82, 2.24) is 15.0 Å². The van der Waals surface area contributed by atoms with Gasteiger partial charge in [-0.2, -0.15) is 0 Å². The van der Waals surface area contributed by atoms with Crippen LogP contribution in [0.15, 0.2) is 173 Å².